The summed E-state index contributed by atoms with van der Waals surface area (Å²) in [6.07, 6.45) is 7.60. The summed E-state index contributed by atoms with van der Waals surface area (Å²) in [4.78, 5) is 23.7. The fourth-order valence-corrected chi connectivity index (χ4v) is 6.08. The molecule has 4 bridgehead atoms. The van der Waals surface area contributed by atoms with Crippen molar-refractivity contribution in [3.8, 4) is 0 Å². The van der Waals surface area contributed by atoms with Crippen molar-refractivity contribution in [3.63, 3.8) is 0 Å². The number of urea groups is 1. The third-order valence-corrected chi connectivity index (χ3v) is 6.79. The highest BCUT2D eigenvalue weighted by Crippen LogP contribution is 2.60. The lowest BCUT2D eigenvalue weighted by atomic mass is 9.49. The number of rotatable bonds is 4. The number of aromatic nitrogens is 2. The molecule has 3 amide bonds. The monoisotopic (exact) mass is 392 g/mol. The summed E-state index contributed by atoms with van der Waals surface area (Å²) in [7, 11) is 0. The van der Waals surface area contributed by atoms with E-state index in [4.69, 9.17) is 4.42 Å². The summed E-state index contributed by atoms with van der Waals surface area (Å²) in [5.74, 6) is 2.88. The Morgan fingerprint density at radius 2 is 1.70 bits per heavy atom. The first-order chi connectivity index (χ1) is 12.7. The first-order valence-corrected chi connectivity index (χ1v) is 10.8. The van der Waals surface area contributed by atoms with Gasteiger partial charge in [-0.2, -0.15) is 0 Å². The zero-order valence-corrected chi connectivity index (χ0v) is 17.0. The van der Waals surface area contributed by atoms with Gasteiger partial charge in [-0.1, -0.05) is 11.8 Å². The number of amides is 3. The Labute approximate surface area is 163 Å². The quantitative estimate of drug-likeness (QED) is 0.764. The van der Waals surface area contributed by atoms with Crippen LogP contribution in [-0.2, 0) is 10.2 Å². The van der Waals surface area contributed by atoms with Crippen LogP contribution in [0.1, 0.15) is 65.2 Å². The smallest absolute Gasteiger partial charge is 0.321 e. The van der Waals surface area contributed by atoms with Gasteiger partial charge in [0.25, 0.3) is 5.22 Å². The minimum atomic E-state index is -0.493. The molecule has 8 heteroatoms. The molecule has 7 nitrogen and oxygen atoms in total. The van der Waals surface area contributed by atoms with Crippen LogP contribution in [0.25, 0.3) is 0 Å². The van der Waals surface area contributed by atoms with Crippen LogP contribution in [-0.4, -0.2) is 33.4 Å². The largest absolute Gasteiger partial charge is 0.415 e. The maximum Gasteiger partial charge on any atom is 0.321 e. The van der Waals surface area contributed by atoms with Gasteiger partial charge in [0, 0.05) is 11.0 Å². The van der Waals surface area contributed by atoms with Gasteiger partial charge in [0.1, 0.15) is 0 Å². The number of nitrogens with zero attached hydrogens (tertiary/aromatic N) is 2. The SMILES string of the molecule is CC(C)(C)NC(=O)NC(=O)CSc1nnc(C23CC4CC(CC(C4)C2)C3)o1. The highest BCUT2D eigenvalue weighted by atomic mass is 32.2. The molecule has 4 aliphatic carbocycles. The lowest BCUT2D eigenvalue weighted by molar-refractivity contribution is -0.117. The van der Waals surface area contributed by atoms with Gasteiger partial charge < -0.3 is 9.73 Å². The Hall–Kier alpha value is -1.57. The van der Waals surface area contributed by atoms with E-state index in [1.54, 1.807) is 0 Å². The molecular weight excluding hydrogens is 364 g/mol. The number of hydrogen-bond donors (Lipinski definition) is 2. The summed E-state index contributed by atoms with van der Waals surface area (Å²) in [6, 6.07) is -0.493. The Bertz CT molecular complexity index is 704. The lowest BCUT2D eigenvalue weighted by Gasteiger charge is -2.55. The van der Waals surface area contributed by atoms with Crippen molar-refractivity contribution in [2.75, 3.05) is 5.75 Å². The van der Waals surface area contributed by atoms with Gasteiger partial charge in [-0.25, -0.2) is 4.79 Å². The molecule has 0 aromatic carbocycles. The van der Waals surface area contributed by atoms with Crippen molar-refractivity contribution in [1.82, 2.24) is 20.8 Å². The Balaban J connectivity index is 1.33. The van der Waals surface area contributed by atoms with Crippen LogP contribution >= 0.6 is 11.8 Å². The fourth-order valence-electron chi connectivity index (χ4n) is 5.52. The van der Waals surface area contributed by atoms with Gasteiger partial charge in [0.15, 0.2) is 0 Å². The second kappa shape index (κ2) is 6.79. The fraction of sp³-hybridized carbons (Fsp3) is 0.789. The average molecular weight is 393 g/mol. The molecule has 0 saturated heterocycles. The second-order valence-electron chi connectivity index (χ2n) is 9.61. The summed E-state index contributed by atoms with van der Waals surface area (Å²) >= 11 is 1.18. The standard InChI is InChI=1S/C19H28N4O3S/c1-18(2,3)21-16(25)20-14(24)10-27-17-23-22-15(26-17)19-7-11-4-12(8-19)6-13(5-11)9-19/h11-13H,4-10H2,1-3H3,(H2,20,21,24,25). The molecule has 1 aromatic heterocycles. The molecule has 0 aliphatic heterocycles. The van der Waals surface area contributed by atoms with E-state index in [-0.39, 0.29) is 17.1 Å². The van der Waals surface area contributed by atoms with E-state index in [0.29, 0.717) is 5.22 Å². The summed E-state index contributed by atoms with van der Waals surface area (Å²) in [5.41, 5.74) is -0.327. The van der Waals surface area contributed by atoms with Gasteiger partial charge in [-0.15, -0.1) is 10.2 Å². The molecular formula is C19H28N4O3S. The zero-order chi connectivity index (χ0) is 19.2. The molecule has 4 aliphatic rings. The van der Waals surface area contributed by atoms with Crippen molar-refractivity contribution >= 4 is 23.7 Å². The van der Waals surface area contributed by atoms with Crippen LogP contribution in [0.2, 0.25) is 0 Å². The van der Waals surface area contributed by atoms with Gasteiger partial charge >= 0.3 is 6.03 Å². The zero-order valence-electron chi connectivity index (χ0n) is 16.2. The van der Waals surface area contributed by atoms with Crippen molar-refractivity contribution in [3.05, 3.63) is 5.89 Å². The van der Waals surface area contributed by atoms with Crippen LogP contribution in [0, 0.1) is 17.8 Å². The number of hydrogen-bond acceptors (Lipinski definition) is 6. The Morgan fingerprint density at radius 3 is 2.26 bits per heavy atom. The van der Waals surface area contributed by atoms with Crippen molar-refractivity contribution in [2.45, 2.75) is 75.5 Å². The number of thioether (sulfide) groups is 1. The molecule has 148 valence electrons. The number of imide groups is 1. The Kier molecular flexibility index (Phi) is 4.72. The first kappa shape index (κ1) is 18.8. The normalized spacial score (nSPS) is 31.7. The molecule has 5 rings (SSSR count). The number of nitrogens with one attached hydrogen (secondary N) is 2. The third kappa shape index (κ3) is 4.15. The molecule has 0 radical (unpaired) electrons. The average Bonchev–Trinajstić information content (AvgIpc) is 2.99. The van der Waals surface area contributed by atoms with Crippen molar-refractivity contribution in [2.24, 2.45) is 17.8 Å². The van der Waals surface area contributed by atoms with E-state index in [1.165, 1.54) is 50.3 Å². The molecule has 4 saturated carbocycles. The summed E-state index contributed by atoms with van der Waals surface area (Å²) in [5, 5.41) is 13.9. The third-order valence-electron chi connectivity index (χ3n) is 5.97. The molecule has 27 heavy (non-hydrogen) atoms. The van der Waals surface area contributed by atoms with Gasteiger partial charge in [-0.3, -0.25) is 10.1 Å². The van der Waals surface area contributed by atoms with Crippen LogP contribution < -0.4 is 10.6 Å². The van der Waals surface area contributed by atoms with E-state index >= 15 is 0 Å². The molecule has 4 fully saturated rings. The van der Waals surface area contributed by atoms with Crippen molar-refractivity contribution < 1.29 is 14.0 Å². The van der Waals surface area contributed by atoms with E-state index in [2.05, 4.69) is 20.8 Å². The molecule has 1 heterocycles. The minimum Gasteiger partial charge on any atom is -0.415 e. The predicted molar refractivity (Wildman–Crippen MR) is 101 cm³/mol. The van der Waals surface area contributed by atoms with Crippen LogP contribution in [0.15, 0.2) is 9.64 Å². The Morgan fingerprint density at radius 1 is 1.11 bits per heavy atom. The topological polar surface area (TPSA) is 97.1 Å². The van der Waals surface area contributed by atoms with E-state index in [9.17, 15) is 9.59 Å². The minimum absolute atomic E-state index is 0.0649. The molecule has 0 spiro atoms. The lowest BCUT2D eigenvalue weighted by Crippen LogP contribution is -2.48. The molecule has 2 N–H and O–H groups in total. The van der Waals surface area contributed by atoms with Crippen molar-refractivity contribution in [1.29, 1.82) is 0 Å². The number of carbonyl (C=O) groups excluding carboxylic acids is 2. The summed E-state index contributed by atoms with van der Waals surface area (Å²) in [6.45, 7) is 5.57. The van der Waals surface area contributed by atoms with E-state index < -0.39 is 11.6 Å². The summed E-state index contributed by atoms with van der Waals surface area (Å²) < 4.78 is 5.96. The highest BCUT2D eigenvalue weighted by Gasteiger charge is 2.54. The van der Waals surface area contributed by atoms with Crippen LogP contribution in [0.5, 0.6) is 0 Å². The van der Waals surface area contributed by atoms with Crippen LogP contribution in [0.3, 0.4) is 0 Å². The number of carbonyl (C=O) groups is 2. The molecule has 0 atom stereocenters. The molecule has 0 unspecified atom stereocenters. The van der Waals surface area contributed by atoms with Crippen LogP contribution in [0.4, 0.5) is 4.79 Å². The second-order valence-corrected chi connectivity index (χ2v) is 10.5. The van der Waals surface area contributed by atoms with Gasteiger partial charge in [0.2, 0.25) is 11.8 Å². The van der Waals surface area contributed by atoms with E-state index in [0.717, 1.165) is 23.6 Å². The maximum atomic E-state index is 12.0. The van der Waals surface area contributed by atoms with Gasteiger partial charge in [0.05, 0.1) is 5.75 Å². The van der Waals surface area contributed by atoms with Gasteiger partial charge in [-0.05, 0) is 77.0 Å². The predicted octanol–water partition coefficient (Wildman–Crippen LogP) is 3.25. The highest BCUT2D eigenvalue weighted by molar-refractivity contribution is 7.99. The first-order valence-electron chi connectivity index (χ1n) is 9.79. The van der Waals surface area contributed by atoms with E-state index in [1.807, 2.05) is 20.8 Å². The maximum absolute atomic E-state index is 12.0. The molecule has 1 aromatic rings.